The molecule has 1 fully saturated rings. The van der Waals surface area contributed by atoms with E-state index in [0.717, 1.165) is 35.4 Å². The van der Waals surface area contributed by atoms with Gasteiger partial charge in [0.25, 0.3) is 0 Å². The molecular weight excluding hydrogens is 534 g/mol. The van der Waals surface area contributed by atoms with Gasteiger partial charge in [-0.2, -0.15) is 0 Å². The summed E-state index contributed by atoms with van der Waals surface area (Å²) in [4.78, 5) is 48.7. The Morgan fingerprint density at radius 2 is 1.98 bits per heavy atom. The molecule has 2 amide bonds. The number of sulfone groups is 1. The number of nitrogens with one attached hydrogen (secondary N) is 2. The predicted octanol–water partition coefficient (Wildman–Crippen LogP) is 1.60. The van der Waals surface area contributed by atoms with E-state index in [9.17, 15) is 27.9 Å². The first-order chi connectivity index (χ1) is 19.1. The normalized spacial score (nSPS) is 16.4. The summed E-state index contributed by atoms with van der Waals surface area (Å²) in [5, 5.41) is 14.2. The van der Waals surface area contributed by atoms with Crippen molar-refractivity contribution in [3.8, 4) is 0 Å². The fourth-order valence-corrected chi connectivity index (χ4v) is 5.85. The number of hydrogen-bond acceptors (Lipinski definition) is 7. The van der Waals surface area contributed by atoms with Gasteiger partial charge in [-0.15, -0.1) is 0 Å². The number of amides is 2. The summed E-state index contributed by atoms with van der Waals surface area (Å²) in [5.74, 6) is -2.19. The van der Waals surface area contributed by atoms with Crippen molar-refractivity contribution in [2.24, 2.45) is 0 Å². The number of fused-ring (bicyclic) bond motifs is 1. The average molecular weight is 570 g/mol. The molecule has 1 saturated heterocycles. The van der Waals surface area contributed by atoms with Crippen LogP contribution in [0.1, 0.15) is 30.5 Å². The average Bonchev–Trinajstić information content (AvgIpc) is 3.58. The van der Waals surface area contributed by atoms with Crippen LogP contribution < -0.4 is 5.32 Å². The molecule has 2 heterocycles. The first-order valence-electron chi connectivity index (χ1n) is 13.2. The van der Waals surface area contributed by atoms with Crippen molar-refractivity contribution < 1.29 is 27.9 Å². The van der Waals surface area contributed by atoms with Crippen LogP contribution in [0.5, 0.6) is 0 Å². The van der Waals surface area contributed by atoms with Crippen LogP contribution in [0.25, 0.3) is 10.8 Å². The van der Waals surface area contributed by atoms with Gasteiger partial charge in [-0.3, -0.25) is 14.5 Å². The summed E-state index contributed by atoms with van der Waals surface area (Å²) in [6.45, 7) is 1.34. The molecule has 0 radical (unpaired) electrons. The number of aliphatic carboxylic acids is 1. The van der Waals surface area contributed by atoms with Crippen molar-refractivity contribution in [2.45, 2.75) is 44.3 Å². The van der Waals surface area contributed by atoms with Crippen molar-refractivity contribution >= 4 is 38.4 Å². The van der Waals surface area contributed by atoms with E-state index in [1.54, 1.807) is 6.20 Å². The molecule has 40 heavy (non-hydrogen) atoms. The Kier molecular flexibility index (Phi) is 9.54. The molecular formula is C28H35N5O6S. The molecule has 0 saturated carbocycles. The number of nitrogens with zero attached hydrogens (tertiary/aromatic N) is 3. The van der Waals surface area contributed by atoms with Crippen LogP contribution in [0.15, 0.2) is 55.0 Å². The molecule has 4 rings (SSSR count). The second-order valence-electron chi connectivity index (χ2n) is 10.3. The molecule has 3 aromatic rings. The van der Waals surface area contributed by atoms with Crippen molar-refractivity contribution in [3.05, 3.63) is 66.2 Å². The lowest BCUT2D eigenvalue weighted by Gasteiger charge is -2.31. The van der Waals surface area contributed by atoms with Crippen molar-refractivity contribution in [1.82, 2.24) is 25.1 Å². The lowest BCUT2D eigenvalue weighted by atomic mass is 10.0. The smallest absolute Gasteiger partial charge is 0.326 e. The van der Waals surface area contributed by atoms with Crippen LogP contribution in [-0.4, -0.2) is 94.8 Å². The third kappa shape index (κ3) is 8.12. The number of H-pyrrole nitrogens is 1. The summed E-state index contributed by atoms with van der Waals surface area (Å²) >= 11 is 0. The Balaban J connectivity index is 1.51. The molecule has 214 valence electrons. The van der Waals surface area contributed by atoms with Crippen LogP contribution in [-0.2, 0) is 37.2 Å². The zero-order valence-corrected chi connectivity index (χ0v) is 23.3. The molecule has 1 aromatic heterocycles. The molecule has 3 N–H and O–H groups in total. The lowest BCUT2D eigenvalue weighted by Crippen LogP contribution is -2.49. The summed E-state index contributed by atoms with van der Waals surface area (Å²) in [5.41, 5.74) is 1.67. The minimum Gasteiger partial charge on any atom is -0.480 e. The van der Waals surface area contributed by atoms with Gasteiger partial charge in [0.2, 0.25) is 11.8 Å². The third-order valence-electron chi connectivity index (χ3n) is 7.11. The van der Waals surface area contributed by atoms with Gasteiger partial charge >= 0.3 is 5.97 Å². The fourth-order valence-electron chi connectivity index (χ4n) is 5.18. The molecule has 11 nitrogen and oxygen atoms in total. The van der Waals surface area contributed by atoms with Gasteiger partial charge < -0.3 is 20.3 Å². The highest BCUT2D eigenvalue weighted by atomic mass is 32.2. The minimum atomic E-state index is -3.39. The van der Waals surface area contributed by atoms with Crippen molar-refractivity contribution in [3.63, 3.8) is 0 Å². The largest absolute Gasteiger partial charge is 0.480 e. The number of likely N-dealkylation sites (tertiary alicyclic amines) is 1. The number of aromatic nitrogens is 2. The van der Waals surface area contributed by atoms with E-state index in [1.807, 2.05) is 52.3 Å². The van der Waals surface area contributed by atoms with Crippen LogP contribution in [0.4, 0.5) is 0 Å². The number of carboxylic acid groups (broad SMARTS) is 1. The fraction of sp³-hybridized carbons (Fsp3) is 0.429. The Bertz CT molecular complexity index is 1440. The number of carbonyl (C=O) groups excluding carboxylic acids is 2. The number of carbonyl (C=O) groups is 3. The molecule has 1 aliphatic rings. The molecule has 1 aliphatic heterocycles. The first kappa shape index (κ1) is 29.2. The zero-order valence-electron chi connectivity index (χ0n) is 22.5. The number of rotatable bonds is 13. The second kappa shape index (κ2) is 13.1. The van der Waals surface area contributed by atoms with Gasteiger partial charge in [-0.05, 0) is 35.6 Å². The highest BCUT2D eigenvalue weighted by Crippen LogP contribution is 2.23. The number of hydrogen-bond donors (Lipinski definition) is 3. The van der Waals surface area contributed by atoms with E-state index in [0.29, 0.717) is 25.3 Å². The Labute approximate surface area is 233 Å². The van der Waals surface area contributed by atoms with Gasteiger partial charge in [-0.25, -0.2) is 18.2 Å². The van der Waals surface area contributed by atoms with Gasteiger partial charge in [0.05, 0.1) is 30.7 Å². The molecule has 2 atom stereocenters. The monoisotopic (exact) mass is 569 g/mol. The predicted molar refractivity (Wildman–Crippen MR) is 150 cm³/mol. The summed E-state index contributed by atoms with van der Waals surface area (Å²) in [6.07, 6.45) is 5.85. The maximum absolute atomic E-state index is 13.1. The van der Waals surface area contributed by atoms with Crippen LogP contribution in [0, 0.1) is 0 Å². The highest BCUT2D eigenvalue weighted by molar-refractivity contribution is 7.90. The van der Waals surface area contributed by atoms with Gasteiger partial charge in [0.1, 0.15) is 15.9 Å². The molecule has 12 heteroatoms. The van der Waals surface area contributed by atoms with Gasteiger partial charge in [0, 0.05) is 38.1 Å². The molecule has 2 aromatic carbocycles. The number of carboxylic acids is 1. The van der Waals surface area contributed by atoms with E-state index in [-0.39, 0.29) is 37.1 Å². The molecule has 0 aliphatic carbocycles. The van der Waals surface area contributed by atoms with E-state index in [1.165, 1.54) is 6.33 Å². The Morgan fingerprint density at radius 3 is 2.70 bits per heavy atom. The third-order valence-corrected chi connectivity index (χ3v) is 8.08. The first-order valence-corrected chi connectivity index (χ1v) is 15.3. The van der Waals surface area contributed by atoms with E-state index < -0.39 is 27.8 Å². The minimum absolute atomic E-state index is 0.0316. The summed E-state index contributed by atoms with van der Waals surface area (Å²) in [6, 6.07) is 12.5. The number of imidazole rings is 1. The van der Waals surface area contributed by atoms with Crippen LogP contribution in [0.2, 0.25) is 0 Å². The molecule has 0 unspecified atom stereocenters. The lowest BCUT2D eigenvalue weighted by molar-refractivity contribution is -0.142. The second-order valence-corrected chi connectivity index (χ2v) is 12.6. The summed E-state index contributed by atoms with van der Waals surface area (Å²) < 4.78 is 23.1. The van der Waals surface area contributed by atoms with Gasteiger partial charge in [-0.1, -0.05) is 42.5 Å². The molecule has 0 bridgehead atoms. The van der Waals surface area contributed by atoms with E-state index in [4.69, 9.17) is 0 Å². The van der Waals surface area contributed by atoms with E-state index in [2.05, 4.69) is 15.3 Å². The number of aromatic amines is 1. The standard InChI is InChI=1S/C28H35N5O6S/c1-40(38,39)13-11-25(28(36)37)31-26(34)18-32(16-21-8-4-7-20-6-2-3-10-24(20)21)17-23-9-5-12-33(23)27(35)14-22-15-29-19-30-22/h2-4,6-8,10,15,19,23,25H,5,9,11-14,16-18H2,1H3,(H,29,30)(H,31,34)(H,36,37)/t23-,25-/m0/s1. The highest BCUT2D eigenvalue weighted by Gasteiger charge is 2.31. The van der Waals surface area contributed by atoms with Crippen molar-refractivity contribution in [1.29, 1.82) is 0 Å². The van der Waals surface area contributed by atoms with Crippen LogP contribution in [0.3, 0.4) is 0 Å². The Hall–Kier alpha value is -3.77. The Morgan fingerprint density at radius 1 is 1.20 bits per heavy atom. The maximum atomic E-state index is 13.1. The maximum Gasteiger partial charge on any atom is 0.326 e. The zero-order chi connectivity index (χ0) is 28.7. The SMILES string of the molecule is CS(=O)(=O)CC[C@H](NC(=O)CN(Cc1cccc2ccccc12)C[C@@H]1CCCN1C(=O)Cc1c[nH]cn1)C(=O)O. The molecule has 0 spiro atoms. The quantitative estimate of drug-likeness (QED) is 0.281. The van der Waals surface area contributed by atoms with E-state index >= 15 is 0 Å². The summed E-state index contributed by atoms with van der Waals surface area (Å²) in [7, 11) is -3.39. The van der Waals surface area contributed by atoms with Gasteiger partial charge in [0.15, 0.2) is 0 Å². The topological polar surface area (TPSA) is 153 Å². The van der Waals surface area contributed by atoms with Crippen LogP contribution >= 0.6 is 0 Å². The number of benzene rings is 2. The van der Waals surface area contributed by atoms with Crippen molar-refractivity contribution in [2.75, 3.05) is 31.6 Å².